The molecule has 0 saturated carbocycles. The van der Waals surface area contributed by atoms with Crippen LogP contribution >= 0.6 is 0 Å². The van der Waals surface area contributed by atoms with E-state index in [1.165, 1.54) is 18.5 Å². The highest BCUT2D eigenvalue weighted by molar-refractivity contribution is 5.91. The Balaban J connectivity index is 2.06. The zero-order chi connectivity index (χ0) is 14.8. The Bertz CT molecular complexity index is 870. The molecule has 0 atom stereocenters. The lowest BCUT2D eigenvalue weighted by atomic mass is 10.2. The number of fused-ring (bicyclic) bond motifs is 1. The van der Waals surface area contributed by atoms with Gasteiger partial charge in [0.25, 0.3) is 0 Å². The number of rotatable bonds is 2. The summed E-state index contributed by atoms with van der Waals surface area (Å²) >= 11 is 0. The van der Waals surface area contributed by atoms with Gasteiger partial charge in [-0.1, -0.05) is 5.92 Å². The van der Waals surface area contributed by atoms with Crippen molar-refractivity contribution < 1.29 is 4.39 Å². The summed E-state index contributed by atoms with van der Waals surface area (Å²) in [6.45, 7) is 0. The highest BCUT2D eigenvalue weighted by Crippen LogP contribution is 2.24. The number of nitrogens with two attached hydrogens (primary N) is 1. The summed E-state index contributed by atoms with van der Waals surface area (Å²) in [6.07, 6.45) is 8.23. The molecule has 0 spiro atoms. The molecule has 5 nitrogen and oxygen atoms in total. The van der Waals surface area contributed by atoms with Crippen molar-refractivity contribution >= 4 is 28.2 Å². The Morgan fingerprint density at radius 3 is 2.86 bits per heavy atom. The molecular weight excluding hydrogens is 269 g/mol. The van der Waals surface area contributed by atoms with Gasteiger partial charge >= 0.3 is 0 Å². The number of terminal acetylenes is 1. The van der Waals surface area contributed by atoms with Gasteiger partial charge in [-0.15, -0.1) is 6.42 Å². The Labute approximate surface area is 120 Å². The van der Waals surface area contributed by atoms with Crippen molar-refractivity contribution in [3.05, 3.63) is 48.2 Å². The second-order valence-electron chi connectivity index (χ2n) is 4.31. The second-order valence-corrected chi connectivity index (χ2v) is 4.31. The minimum absolute atomic E-state index is 0.180. The highest BCUT2D eigenvalue weighted by atomic mass is 19.1. The van der Waals surface area contributed by atoms with Crippen molar-refractivity contribution in [2.24, 2.45) is 0 Å². The summed E-state index contributed by atoms with van der Waals surface area (Å²) < 4.78 is 13.4. The normalized spacial score (nSPS) is 10.3. The molecule has 1 aromatic carbocycles. The quantitative estimate of drug-likeness (QED) is 0.705. The molecule has 3 rings (SSSR count). The maximum absolute atomic E-state index is 13.4. The van der Waals surface area contributed by atoms with Gasteiger partial charge in [-0.3, -0.25) is 0 Å². The van der Waals surface area contributed by atoms with Crippen LogP contribution in [-0.4, -0.2) is 15.0 Å². The van der Waals surface area contributed by atoms with E-state index in [0.717, 1.165) is 5.39 Å². The van der Waals surface area contributed by atoms with Gasteiger partial charge in [0, 0.05) is 11.1 Å². The fraction of sp³-hybridized carbons (Fsp3) is 0. The highest BCUT2D eigenvalue weighted by Gasteiger charge is 2.07. The minimum atomic E-state index is -0.441. The first kappa shape index (κ1) is 12.8. The number of nitrogens with one attached hydrogen (secondary N) is 1. The van der Waals surface area contributed by atoms with Gasteiger partial charge in [-0.25, -0.2) is 19.3 Å². The van der Waals surface area contributed by atoms with Gasteiger partial charge in [0.1, 0.15) is 23.8 Å². The zero-order valence-electron chi connectivity index (χ0n) is 10.8. The lowest BCUT2D eigenvalue weighted by Gasteiger charge is -2.09. The van der Waals surface area contributed by atoms with E-state index in [4.69, 9.17) is 12.2 Å². The van der Waals surface area contributed by atoms with Crippen LogP contribution in [0.4, 0.5) is 21.7 Å². The van der Waals surface area contributed by atoms with E-state index in [1.807, 2.05) is 0 Å². The molecule has 0 aliphatic rings. The number of benzene rings is 1. The largest absolute Gasteiger partial charge is 0.384 e. The summed E-state index contributed by atoms with van der Waals surface area (Å²) in [6, 6.07) is 6.09. The fourth-order valence-electron chi connectivity index (χ4n) is 1.93. The number of pyridine rings is 1. The van der Waals surface area contributed by atoms with E-state index >= 15 is 0 Å². The predicted octanol–water partition coefficient (Wildman–Crippen LogP) is 2.47. The molecule has 0 aliphatic heterocycles. The van der Waals surface area contributed by atoms with Crippen molar-refractivity contribution in [3.63, 3.8) is 0 Å². The number of nitrogen functional groups attached to an aromatic ring is 1. The lowest BCUT2D eigenvalue weighted by molar-refractivity contribution is 0.624. The number of anilines is 3. The molecule has 3 N–H and O–H groups in total. The molecular formula is C15H10FN5. The van der Waals surface area contributed by atoms with E-state index < -0.39 is 5.82 Å². The molecule has 2 aromatic heterocycles. The number of aromatic nitrogens is 3. The van der Waals surface area contributed by atoms with Crippen LogP contribution in [0, 0.1) is 18.2 Å². The summed E-state index contributed by atoms with van der Waals surface area (Å²) in [4.78, 5) is 12.3. The van der Waals surface area contributed by atoms with Crippen molar-refractivity contribution in [1.82, 2.24) is 15.0 Å². The number of hydrogen-bond donors (Lipinski definition) is 2. The smallest absolute Gasteiger partial charge is 0.141 e. The molecule has 0 unspecified atom stereocenters. The molecule has 0 fully saturated rings. The maximum atomic E-state index is 13.4. The van der Waals surface area contributed by atoms with Gasteiger partial charge in [0.05, 0.1) is 17.3 Å². The van der Waals surface area contributed by atoms with Crippen LogP contribution in [0.15, 0.2) is 36.8 Å². The third-order valence-corrected chi connectivity index (χ3v) is 2.93. The predicted molar refractivity (Wildman–Crippen MR) is 79.4 cm³/mol. The average molecular weight is 279 g/mol. The Hall–Kier alpha value is -3.20. The van der Waals surface area contributed by atoms with E-state index in [1.54, 1.807) is 18.3 Å². The van der Waals surface area contributed by atoms with Crippen LogP contribution in [0.1, 0.15) is 5.56 Å². The molecule has 6 heteroatoms. The van der Waals surface area contributed by atoms with Crippen molar-refractivity contribution in [1.29, 1.82) is 0 Å². The SMILES string of the molecule is C#Cc1cc(Nc2ncnc3cnc(N)cc23)ccc1F. The average Bonchev–Trinajstić information content (AvgIpc) is 2.50. The van der Waals surface area contributed by atoms with Crippen LogP contribution in [0.3, 0.4) is 0 Å². The molecule has 21 heavy (non-hydrogen) atoms. The second kappa shape index (κ2) is 5.06. The first-order valence-electron chi connectivity index (χ1n) is 6.07. The third kappa shape index (κ3) is 2.44. The molecule has 2 heterocycles. The van der Waals surface area contributed by atoms with E-state index in [0.29, 0.717) is 22.8 Å². The van der Waals surface area contributed by atoms with Crippen LogP contribution in [0.2, 0.25) is 0 Å². The van der Waals surface area contributed by atoms with Crippen LogP contribution in [0.25, 0.3) is 10.9 Å². The summed E-state index contributed by atoms with van der Waals surface area (Å²) in [5, 5.41) is 3.80. The molecule has 102 valence electrons. The zero-order valence-corrected chi connectivity index (χ0v) is 10.8. The lowest BCUT2D eigenvalue weighted by Crippen LogP contribution is -1.99. The summed E-state index contributed by atoms with van der Waals surface area (Å²) in [5.41, 5.74) is 7.14. The molecule has 0 saturated heterocycles. The molecule has 3 aromatic rings. The van der Waals surface area contributed by atoms with Crippen LogP contribution in [0.5, 0.6) is 0 Å². The fourth-order valence-corrected chi connectivity index (χ4v) is 1.93. The van der Waals surface area contributed by atoms with E-state index in [9.17, 15) is 4.39 Å². The number of nitrogens with zero attached hydrogens (tertiary/aromatic N) is 3. The molecule has 0 aliphatic carbocycles. The third-order valence-electron chi connectivity index (χ3n) is 2.93. The van der Waals surface area contributed by atoms with Gasteiger partial charge in [-0.2, -0.15) is 0 Å². The van der Waals surface area contributed by atoms with Crippen molar-refractivity contribution in [3.8, 4) is 12.3 Å². The minimum Gasteiger partial charge on any atom is -0.384 e. The number of halogens is 1. The Kier molecular flexibility index (Phi) is 3.09. The Morgan fingerprint density at radius 2 is 2.05 bits per heavy atom. The standard InChI is InChI=1S/C15H10FN5/c1-2-9-5-10(3-4-12(9)16)21-15-11-6-14(17)18-7-13(11)19-8-20-15/h1,3-8H,(H2,17,18)(H,19,20,21). The molecule has 0 amide bonds. The molecule has 0 bridgehead atoms. The van der Waals surface area contributed by atoms with Crippen molar-refractivity contribution in [2.75, 3.05) is 11.1 Å². The van der Waals surface area contributed by atoms with E-state index in [2.05, 4.69) is 26.2 Å². The first-order valence-corrected chi connectivity index (χ1v) is 6.07. The van der Waals surface area contributed by atoms with Crippen LogP contribution in [-0.2, 0) is 0 Å². The van der Waals surface area contributed by atoms with Gasteiger partial charge in [-0.05, 0) is 24.3 Å². The molecule has 0 radical (unpaired) electrons. The van der Waals surface area contributed by atoms with Crippen molar-refractivity contribution in [2.45, 2.75) is 0 Å². The summed E-state index contributed by atoms with van der Waals surface area (Å²) in [5.74, 6) is 2.76. The first-order chi connectivity index (χ1) is 10.2. The number of hydrogen-bond acceptors (Lipinski definition) is 5. The maximum Gasteiger partial charge on any atom is 0.141 e. The Morgan fingerprint density at radius 1 is 1.19 bits per heavy atom. The van der Waals surface area contributed by atoms with Gasteiger partial charge < -0.3 is 11.1 Å². The van der Waals surface area contributed by atoms with Gasteiger partial charge in [0.2, 0.25) is 0 Å². The van der Waals surface area contributed by atoms with Crippen LogP contribution < -0.4 is 11.1 Å². The topological polar surface area (TPSA) is 76.7 Å². The van der Waals surface area contributed by atoms with Gasteiger partial charge in [0.15, 0.2) is 0 Å². The summed E-state index contributed by atoms with van der Waals surface area (Å²) in [7, 11) is 0. The monoisotopic (exact) mass is 279 g/mol. The van der Waals surface area contributed by atoms with E-state index in [-0.39, 0.29) is 5.56 Å².